The molecule has 1 amide bonds. The van der Waals surface area contributed by atoms with Crippen molar-refractivity contribution in [2.75, 3.05) is 11.9 Å². The highest BCUT2D eigenvalue weighted by molar-refractivity contribution is 6.40. The molecule has 0 fully saturated rings. The highest BCUT2D eigenvalue weighted by Gasteiger charge is 2.27. The van der Waals surface area contributed by atoms with E-state index in [4.69, 9.17) is 27.9 Å². The van der Waals surface area contributed by atoms with Crippen LogP contribution in [0.5, 0.6) is 0 Å². The molecule has 9 heteroatoms. The van der Waals surface area contributed by atoms with Crippen LogP contribution in [-0.2, 0) is 22.4 Å². The van der Waals surface area contributed by atoms with Crippen molar-refractivity contribution in [1.29, 1.82) is 0 Å². The summed E-state index contributed by atoms with van der Waals surface area (Å²) in [5.41, 5.74) is 3.55. The number of nitrogens with zero attached hydrogens (tertiary/aromatic N) is 2. The molecule has 0 bridgehead atoms. The van der Waals surface area contributed by atoms with Crippen molar-refractivity contribution in [2.24, 2.45) is 0 Å². The number of nitrogens with one attached hydrogen (secondary N) is 1. The second kappa shape index (κ2) is 9.30. The van der Waals surface area contributed by atoms with Crippen molar-refractivity contribution in [3.8, 4) is 5.69 Å². The molecular weight excluding hydrogens is 456 g/mol. The summed E-state index contributed by atoms with van der Waals surface area (Å²) in [7, 11) is 0. The van der Waals surface area contributed by atoms with E-state index in [0.29, 0.717) is 17.1 Å². The lowest BCUT2D eigenvalue weighted by Gasteiger charge is -2.14. The van der Waals surface area contributed by atoms with Crippen LogP contribution in [0.1, 0.15) is 40.2 Å². The Morgan fingerprint density at radius 2 is 1.84 bits per heavy atom. The lowest BCUT2D eigenvalue weighted by molar-refractivity contribution is -0.119. The maximum absolute atomic E-state index is 13.3. The monoisotopic (exact) mass is 475 g/mol. The van der Waals surface area contributed by atoms with Crippen LogP contribution in [0.4, 0.5) is 10.1 Å². The number of ether oxygens (including phenoxy) is 1. The summed E-state index contributed by atoms with van der Waals surface area (Å²) in [4.78, 5) is 25.1. The van der Waals surface area contributed by atoms with Gasteiger partial charge in [0.2, 0.25) is 0 Å². The largest absolute Gasteiger partial charge is 0.451 e. The molecule has 0 saturated carbocycles. The number of anilines is 1. The first-order chi connectivity index (χ1) is 15.3. The Hall–Kier alpha value is -2.90. The van der Waals surface area contributed by atoms with Gasteiger partial charge in [-0.05, 0) is 68.5 Å². The minimum atomic E-state index is -0.694. The number of carbonyl (C=O) groups excluding carboxylic acids is 2. The van der Waals surface area contributed by atoms with E-state index >= 15 is 0 Å². The average molecular weight is 476 g/mol. The Kier molecular flexibility index (Phi) is 6.48. The normalized spacial score (nSPS) is 12.9. The van der Waals surface area contributed by atoms with E-state index in [1.54, 1.807) is 35.9 Å². The van der Waals surface area contributed by atoms with Gasteiger partial charge in [0.05, 0.1) is 21.4 Å². The van der Waals surface area contributed by atoms with Gasteiger partial charge in [-0.1, -0.05) is 29.3 Å². The van der Waals surface area contributed by atoms with Crippen molar-refractivity contribution < 1.29 is 18.7 Å². The van der Waals surface area contributed by atoms with Gasteiger partial charge in [-0.3, -0.25) is 4.79 Å². The number of aryl methyl sites for hydroxylation is 1. The lowest BCUT2D eigenvalue weighted by atomic mass is 9.95. The molecule has 6 nitrogen and oxygen atoms in total. The van der Waals surface area contributed by atoms with E-state index in [2.05, 4.69) is 10.4 Å². The van der Waals surface area contributed by atoms with Gasteiger partial charge in [-0.25, -0.2) is 13.9 Å². The van der Waals surface area contributed by atoms with Crippen molar-refractivity contribution in [3.63, 3.8) is 0 Å². The molecule has 0 unspecified atom stereocenters. The third kappa shape index (κ3) is 4.49. The third-order valence-electron chi connectivity index (χ3n) is 5.33. The molecule has 1 N–H and O–H groups in total. The number of fused-ring (bicyclic) bond motifs is 1. The number of benzene rings is 2. The number of halogens is 3. The summed E-state index contributed by atoms with van der Waals surface area (Å²) in [6.07, 6.45) is 3.32. The fourth-order valence-electron chi connectivity index (χ4n) is 3.71. The maximum atomic E-state index is 13.3. The van der Waals surface area contributed by atoms with Crippen LogP contribution in [0.2, 0.25) is 10.0 Å². The molecule has 0 spiro atoms. The van der Waals surface area contributed by atoms with Crippen molar-refractivity contribution in [1.82, 2.24) is 9.78 Å². The summed E-state index contributed by atoms with van der Waals surface area (Å²) in [6.45, 7) is 1.27. The summed E-state index contributed by atoms with van der Waals surface area (Å²) in [5.74, 6) is -1.62. The minimum absolute atomic E-state index is 0.170. The SMILES string of the molecule is Cc1ccc(Cl)c(NC(=O)COC(=O)c2nn(-c3ccc(F)cc3)c3c2CCCC3)c1Cl. The fraction of sp³-hybridized carbons (Fsp3) is 0.261. The van der Waals surface area contributed by atoms with Gasteiger partial charge in [0.25, 0.3) is 5.91 Å². The van der Waals surface area contributed by atoms with Gasteiger partial charge in [0, 0.05) is 11.3 Å². The first-order valence-corrected chi connectivity index (χ1v) is 10.9. The molecule has 1 heterocycles. The molecule has 0 saturated heterocycles. The molecule has 2 aromatic carbocycles. The van der Waals surface area contributed by atoms with E-state index in [1.807, 2.05) is 0 Å². The van der Waals surface area contributed by atoms with Crippen LogP contribution >= 0.6 is 23.2 Å². The van der Waals surface area contributed by atoms with E-state index < -0.39 is 18.5 Å². The zero-order valence-corrected chi connectivity index (χ0v) is 18.8. The van der Waals surface area contributed by atoms with Crippen LogP contribution in [0.25, 0.3) is 5.69 Å². The molecule has 0 radical (unpaired) electrons. The Morgan fingerprint density at radius 1 is 1.12 bits per heavy atom. The zero-order chi connectivity index (χ0) is 22.8. The zero-order valence-electron chi connectivity index (χ0n) is 17.3. The second-order valence-corrected chi connectivity index (χ2v) is 8.33. The van der Waals surface area contributed by atoms with Gasteiger partial charge in [0.1, 0.15) is 5.82 Å². The van der Waals surface area contributed by atoms with E-state index in [9.17, 15) is 14.0 Å². The molecule has 0 aliphatic heterocycles. The van der Waals surface area contributed by atoms with E-state index in [1.165, 1.54) is 12.1 Å². The van der Waals surface area contributed by atoms with Crippen molar-refractivity contribution >= 4 is 40.8 Å². The summed E-state index contributed by atoms with van der Waals surface area (Å²) in [5, 5.41) is 7.63. The van der Waals surface area contributed by atoms with Gasteiger partial charge < -0.3 is 10.1 Å². The fourth-order valence-corrected chi connectivity index (χ4v) is 4.17. The van der Waals surface area contributed by atoms with Gasteiger partial charge >= 0.3 is 5.97 Å². The van der Waals surface area contributed by atoms with Gasteiger partial charge in [0.15, 0.2) is 12.3 Å². The number of hydrogen-bond acceptors (Lipinski definition) is 4. The minimum Gasteiger partial charge on any atom is -0.451 e. The summed E-state index contributed by atoms with van der Waals surface area (Å²) in [6, 6.07) is 9.26. The Labute approximate surface area is 194 Å². The van der Waals surface area contributed by atoms with Crippen LogP contribution in [-0.4, -0.2) is 28.3 Å². The Balaban J connectivity index is 1.51. The molecular formula is C23H20Cl2FN3O3. The molecule has 1 aromatic heterocycles. The predicted molar refractivity (Wildman–Crippen MR) is 120 cm³/mol. The van der Waals surface area contributed by atoms with Crippen LogP contribution < -0.4 is 5.32 Å². The van der Waals surface area contributed by atoms with E-state index in [-0.39, 0.29) is 22.2 Å². The van der Waals surface area contributed by atoms with E-state index in [0.717, 1.165) is 36.1 Å². The van der Waals surface area contributed by atoms with Crippen LogP contribution in [0.3, 0.4) is 0 Å². The third-order valence-corrected chi connectivity index (χ3v) is 6.13. The van der Waals surface area contributed by atoms with Crippen LogP contribution in [0.15, 0.2) is 36.4 Å². The first-order valence-electron chi connectivity index (χ1n) is 10.1. The highest BCUT2D eigenvalue weighted by atomic mass is 35.5. The first kappa shape index (κ1) is 22.3. The second-order valence-electron chi connectivity index (χ2n) is 7.55. The van der Waals surface area contributed by atoms with Gasteiger partial charge in [-0.2, -0.15) is 5.10 Å². The van der Waals surface area contributed by atoms with Gasteiger partial charge in [-0.15, -0.1) is 0 Å². The highest BCUT2D eigenvalue weighted by Crippen LogP contribution is 2.33. The molecule has 1 aliphatic rings. The maximum Gasteiger partial charge on any atom is 0.359 e. The van der Waals surface area contributed by atoms with Crippen molar-refractivity contribution in [2.45, 2.75) is 32.6 Å². The topological polar surface area (TPSA) is 73.2 Å². The molecule has 166 valence electrons. The molecule has 3 aromatic rings. The van der Waals surface area contributed by atoms with Crippen LogP contribution in [0, 0.1) is 12.7 Å². The number of rotatable bonds is 5. The molecule has 0 atom stereocenters. The molecule has 4 rings (SSSR count). The quantitative estimate of drug-likeness (QED) is 0.508. The summed E-state index contributed by atoms with van der Waals surface area (Å²) < 4.78 is 20.2. The standard InChI is InChI=1S/C23H20Cl2FN3O3/c1-13-6-11-17(24)22(20(13)25)27-19(30)12-32-23(31)21-16-4-2-3-5-18(16)29(28-21)15-9-7-14(26)8-10-15/h6-11H,2-5,12H2,1H3,(H,27,30). The molecule has 32 heavy (non-hydrogen) atoms. The number of hydrogen-bond donors (Lipinski definition) is 1. The Bertz CT molecular complexity index is 1190. The Morgan fingerprint density at radius 3 is 2.59 bits per heavy atom. The smallest absolute Gasteiger partial charge is 0.359 e. The average Bonchev–Trinajstić information content (AvgIpc) is 3.18. The lowest BCUT2D eigenvalue weighted by Crippen LogP contribution is -2.22. The summed E-state index contributed by atoms with van der Waals surface area (Å²) >= 11 is 12.3. The number of amides is 1. The number of aromatic nitrogens is 2. The number of carbonyl (C=O) groups is 2. The van der Waals surface area contributed by atoms with Crippen molar-refractivity contribution in [3.05, 3.63) is 74.8 Å². The predicted octanol–water partition coefficient (Wildman–Crippen LogP) is 5.30. The number of esters is 1. The molecule has 1 aliphatic carbocycles.